The van der Waals surface area contributed by atoms with E-state index < -0.39 is 0 Å². The number of para-hydroxylation sites is 1. The zero-order valence-electron chi connectivity index (χ0n) is 12.3. The Morgan fingerprint density at radius 1 is 0.818 bits per heavy atom. The Balaban J connectivity index is 2.10. The smallest absolute Gasteiger partial charge is 0.165 e. The third-order valence-electron chi connectivity index (χ3n) is 3.79. The van der Waals surface area contributed by atoms with Gasteiger partial charge in [0.1, 0.15) is 11.3 Å². The molecule has 22 heavy (non-hydrogen) atoms. The van der Waals surface area contributed by atoms with Crippen LogP contribution in [0.3, 0.4) is 0 Å². The molecule has 0 aliphatic rings. The largest absolute Gasteiger partial charge is 0.277 e. The van der Waals surface area contributed by atoms with Crippen LogP contribution in [-0.2, 0) is 0 Å². The van der Waals surface area contributed by atoms with Gasteiger partial charge in [-0.3, -0.25) is 4.57 Å². The quantitative estimate of drug-likeness (QED) is 0.546. The molecule has 0 spiro atoms. The van der Waals surface area contributed by atoms with Gasteiger partial charge >= 0.3 is 0 Å². The van der Waals surface area contributed by atoms with Gasteiger partial charge in [-0.2, -0.15) is 0 Å². The number of hydrogen-bond acceptors (Lipinski definition) is 2. The summed E-state index contributed by atoms with van der Waals surface area (Å²) in [4.78, 5) is 9.42. The summed E-state index contributed by atoms with van der Waals surface area (Å²) in [6, 6.07) is 22.5. The van der Waals surface area contributed by atoms with Crippen molar-refractivity contribution < 1.29 is 0 Å². The normalized spacial score (nSPS) is 11.0. The molecule has 0 unspecified atom stereocenters. The molecule has 0 aliphatic heterocycles. The molecule has 106 valence electrons. The van der Waals surface area contributed by atoms with Gasteiger partial charge in [0.2, 0.25) is 0 Å². The van der Waals surface area contributed by atoms with E-state index in [1.54, 1.807) is 0 Å². The molecule has 0 radical (unpaired) electrons. The molecule has 2 heterocycles. The minimum Gasteiger partial charge on any atom is -0.277 e. The van der Waals surface area contributed by atoms with Gasteiger partial charge in [-0.05, 0) is 30.7 Å². The lowest BCUT2D eigenvalue weighted by Gasteiger charge is -2.08. The molecule has 0 saturated carbocycles. The van der Waals surface area contributed by atoms with Crippen LogP contribution in [0.1, 0.15) is 5.56 Å². The Labute approximate surface area is 128 Å². The van der Waals surface area contributed by atoms with Crippen LogP contribution in [0.25, 0.3) is 28.2 Å². The van der Waals surface area contributed by atoms with Crippen LogP contribution in [0.2, 0.25) is 0 Å². The molecule has 4 aromatic rings. The average molecular weight is 285 g/mol. The van der Waals surface area contributed by atoms with Crippen molar-refractivity contribution in [2.45, 2.75) is 6.92 Å². The van der Waals surface area contributed by atoms with E-state index in [1.807, 2.05) is 48.7 Å². The standard InChI is InChI=1S/C19H15N3/c1-14-12-13-20-19-17(14)21-18(15-8-4-2-5-9-15)22(19)16-10-6-3-7-11-16/h2-13H,1H3. The maximum Gasteiger partial charge on any atom is 0.165 e. The maximum absolute atomic E-state index is 4.86. The molecule has 2 aromatic heterocycles. The SMILES string of the molecule is Cc1ccnc2c1nc(-c1ccccc1)n2-c1ccccc1. The van der Waals surface area contributed by atoms with Crippen molar-refractivity contribution in [3.05, 3.63) is 78.5 Å². The number of aryl methyl sites for hydroxylation is 1. The van der Waals surface area contributed by atoms with Gasteiger partial charge in [-0.1, -0.05) is 48.5 Å². The van der Waals surface area contributed by atoms with Crippen LogP contribution >= 0.6 is 0 Å². The number of imidazole rings is 1. The molecule has 0 atom stereocenters. The van der Waals surface area contributed by atoms with Crippen molar-refractivity contribution >= 4 is 11.2 Å². The first-order valence-electron chi connectivity index (χ1n) is 7.29. The van der Waals surface area contributed by atoms with Gasteiger partial charge in [0, 0.05) is 17.4 Å². The second kappa shape index (κ2) is 5.11. The molecule has 0 aliphatic carbocycles. The molecule has 0 N–H and O–H groups in total. The van der Waals surface area contributed by atoms with Crippen molar-refractivity contribution in [3.8, 4) is 17.1 Å². The summed E-state index contributed by atoms with van der Waals surface area (Å²) in [7, 11) is 0. The first-order chi connectivity index (χ1) is 10.8. The number of pyridine rings is 1. The molecule has 0 saturated heterocycles. The molecule has 3 heteroatoms. The van der Waals surface area contributed by atoms with E-state index in [2.05, 4.69) is 40.7 Å². The number of benzene rings is 2. The first kappa shape index (κ1) is 12.8. The fraction of sp³-hybridized carbons (Fsp3) is 0.0526. The van der Waals surface area contributed by atoms with Crippen LogP contribution in [0, 0.1) is 6.92 Å². The lowest BCUT2D eigenvalue weighted by atomic mass is 10.2. The van der Waals surface area contributed by atoms with Crippen molar-refractivity contribution in [1.29, 1.82) is 0 Å². The summed E-state index contributed by atoms with van der Waals surface area (Å²) in [5.74, 6) is 0.920. The van der Waals surface area contributed by atoms with Gasteiger partial charge in [-0.25, -0.2) is 9.97 Å². The second-order valence-electron chi connectivity index (χ2n) is 5.27. The Bertz CT molecular complexity index is 925. The fourth-order valence-corrected chi connectivity index (χ4v) is 2.70. The van der Waals surface area contributed by atoms with Crippen molar-refractivity contribution in [2.75, 3.05) is 0 Å². The molecule has 0 bridgehead atoms. The van der Waals surface area contributed by atoms with E-state index in [-0.39, 0.29) is 0 Å². The monoisotopic (exact) mass is 285 g/mol. The van der Waals surface area contributed by atoms with Crippen molar-refractivity contribution in [2.24, 2.45) is 0 Å². The predicted molar refractivity (Wildman–Crippen MR) is 89.0 cm³/mol. The first-order valence-corrected chi connectivity index (χ1v) is 7.29. The summed E-state index contributed by atoms with van der Waals surface area (Å²) in [6.07, 6.45) is 1.84. The van der Waals surface area contributed by atoms with Gasteiger partial charge < -0.3 is 0 Å². The van der Waals surface area contributed by atoms with E-state index in [0.717, 1.165) is 33.8 Å². The predicted octanol–water partition coefficient (Wildman–Crippen LogP) is 4.40. The highest BCUT2D eigenvalue weighted by atomic mass is 15.1. The Morgan fingerprint density at radius 2 is 1.50 bits per heavy atom. The highest BCUT2D eigenvalue weighted by Gasteiger charge is 2.15. The minimum absolute atomic E-state index is 0.894. The topological polar surface area (TPSA) is 30.7 Å². The molecule has 0 amide bonds. The number of fused-ring (bicyclic) bond motifs is 1. The fourth-order valence-electron chi connectivity index (χ4n) is 2.70. The summed E-state index contributed by atoms with van der Waals surface area (Å²) >= 11 is 0. The summed E-state index contributed by atoms with van der Waals surface area (Å²) in [5, 5.41) is 0. The number of aromatic nitrogens is 3. The maximum atomic E-state index is 4.86. The molecule has 4 rings (SSSR count). The number of hydrogen-bond donors (Lipinski definition) is 0. The van der Waals surface area contributed by atoms with E-state index in [0.29, 0.717) is 0 Å². The van der Waals surface area contributed by atoms with Crippen LogP contribution in [0.15, 0.2) is 72.9 Å². The van der Waals surface area contributed by atoms with E-state index >= 15 is 0 Å². The molecule has 3 nitrogen and oxygen atoms in total. The minimum atomic E-state index is 0.894. The molecular formula is C19H15N3. The number of rotatable bonds is 2. The summed E-state index contributed by atoms with van der Waals surface area (Å²) in [5.41, 5.74) is 5.14. The van der Waals surface area contributed by atoms with Crippen LogP contribution in [0.4, 0.5) is 0 Å². The van der Waals surface area contributed by atoms with E-state index in [9.17, 15) is 0 Å². The van der Waals surface area contributed by atoms with E-state index in [1.165, 1.54) is 0 Å². The van der Waals surface area contributed by atoms with Gasteiger partial charge in [0.05, 0.1) is 0 Å². The Hall–Kier alpha value is -2.94. The molecular weight excluding hydrogens is 270 g/mol. The highest BCUT2D eigenvalue weighted by molar-refractivity contribution is 5.82. The van der Waals surface area contributed by atoms with Gasteiger partial charge in [0.25, 0.3) is 0 Å². The lowest BCUT2D eigenvalue weighted by Crippen LogP contribution is -1.98. The average Bonchev–Trinajstić information content (AvgIpc) is 2.97. The van der Waals surface area contributed by atoms with Crippen LogP contribution in [0.5, 0.6) is 0 Å². The lowest BCUT2D eigenvalue weighted by molar-refractivity contribution is 1.08. The number of nitrogens with zero attached hydrogens (tertiary/aromatic N) is 3. The summed E-state index contributed by atoms with van der Waals surface area (Å²) < 4.78 is 2.12. The Morgan fingerprint density at radius 3 is 2.23 bits per heavy atom. The van der Waals surface area contributed by atoms with E-state index in [4.69, 9.17) is 4.98 Å². The van der Waals surface area contributed by atoms with Crippen molar-refractivity contribution in [1.82, 2.24) is 14.5 Å². The van der Waals surface area contributed by atoms with Crippen molar-refractivity contribution in [3.63, 3.8) is 0 Å². The van der Waals surface area contributed by atoms with Gasteiger partial charge in [-0.15, -0.1) is 0 Å². The van der Waals surface area contributed by atoms with Crippen LogP contribution in [-0.4, -0.2) is 14.5 Å². The third-order valence-corrected chi connectivity index (χ3v) is 3.79. The zero-order chi connectivity index (χ0) is 14.9. The van der Waals surface area contributed by atoms with Gasteiger partial charge in [0.15, 0.2) is 5.65 Å². The molecule has 0 fully saturated rings. The second-order valence-corrected chi connectivity index (χ2v) is 5.27. The third kappa shape index (κ3) is 1.99. The highest BCUT2D eigenvalue weighted by Crippen LogP contribution is 2.28. The molecule has 2 aromatic carbocycles. The summed E-state index contributed by atoms with van der Waals surface area (Å²) in [6.45, 7) is 2.07. The zero-order valence-corrected chi connectivity index (χ0v) is 12.3. The van der Waals surface area contributed by atoms with Crippen LogP contribution < -0.4 is 0 Å². The Kier molecular flexibility index (Phi) is 2.97.